The minimum atomic E-state index is 0.267. The third-order valence-electron chi connectivity index (χ3n) is 3.84. The summed E-state index contributed by atoms with van der Waals surface area (Å²) in [6.45, 7) is 4.21. The molecule has 0 amide bonds. The Morgan fingerprint density at radius 2 is 1.96 bits per heavy atom. The monoisotopic (exact) mass is 479 g/mol. The summed E-state index contributed by atoms with van der Waals surface area (Å²) < 4.78 is 1.08. The van der Waals surface area contributed by atoms with Crippen LogP contribution >= 0.6 is 34.2 Å². The van der Waals surface area contributed by atoms with Crippen molar-refractivity contribution in [3.05, 3.63) is 57.3 Å². The summed E-state index contributed by atoms with van der Waals surface area (Å²) >= 11 is 8.58. The van der Waals surface area contributed by atoms with Gasteiger partial charge in [-0.2, -0.15) is 4.98 Å². The fraction of sp³-hybridized carbons (Fsp3) is 0.211. The first kappa shape index (κ1) is 18.8. The van der Waals surface area contributed by atoms with Gasteiger partial charge in [-0.25, -0.2) is 4.98 Å². The van der Waals surface area contributed by atoms with Crippen molar-refractivity contribution >= 4 is 51.6 Å². The topological polar surface area (TPSA) is 62.7 Å². The minimum absolute atomic E-state index is 0.267. The van der Waals surface area contributed by atoms with Gasteiger partial charge in [-0.05, 0) is 66.3 Å². The van der Waals surface area contributed by atoms with E-state index in [1.54, 1.807) is 6.20 Å². The van der Waals surface area contributed by atoms with Gasteiger partial charge in [0.15, 0.2) is 0 Å². The molecule has 3 aromatic rings. The molecule has 0 saturated carbocycles. The normalized spacial score (nSPS) is 11.8. The number of hydrogen-bond donors (Lipinski definition) is 2. The molecule has 0 aliphatic carbocycles. The molecule has 3 rings (SSSR count). The second-order valence-corrected chi connectivity index (χ2v) is 7.53. The van der Waals surface area contributed by atoms with Crippen LogP contribution in [0.3, 0.4) is 0 Å². The lowest BCUT2D eigenvalue weighted by molar-refractivity contribution is 0.753. The van der Waals surface area contributed by atoms with Gasteiger partial charge in [0.1, 0.15) is 5.82 Å². The Morgan fingerprint density at radius 1 is 1.12 bits per heavy atom. The molecule has 0 saturated heterocycles. The molecule has 7 heteroatoms. The Kier molecular flexibility index (Phi) is 6.26. The summed E-state index contributed by atoms with van der Waals surface area (Å²) in [7, 11) is 0. The van der Waals surface area contributed by atoms with Gasteiger partial charge in [0, 0.05) is 21.9 Å². The SMILES string of the molecule is CC[C@@H](C)Nc1nc(Nc2ccc(I)cc2Cl)cc(-c2ccccn2)n1. The van der Waals surface area contributed by atoms with E-state index in [1.165, 1.54) is 0 Å². The molecule has 0 bridgehead atoms. The Labute approximate surface area is 171 Å². The quantitative estimate of drug-likeness (QED) is 0.441. The van der Waals surface area contributed by atoms with Crippen molar-refractivity contribution in [3.8, 4) is 11.4 Å². The molecular formula is C19H19ClIN5. The Morgan fingerprint density at radius 3 is 2.65 bits per heavy atom. The molecule has 0 spiro atoms. The van der Waals surface area contributed by atoms with Crippen LogP contribution < -0.4 is 10.6 Å². The van der Waals surface area contributed by atoms with Crippen molar-refractivity contribution in [3.63, 3.8) is 0 Å². The second kappa shape index (κ2) is 8.64. The van der Waals surface area contributed by atoms with Crippen LogP contribution in [0.15, 0.2) is 48.7 Å². The Balaban J connectivity index is 1.98. The molecule has 1 aromatic carbocycles. The van der Waals surface area contributed by atoms with Gasteiger partial charge in [-0.1, -0.05) is 24.6 Å². The van der Waals surface area contributed by atoms with Crippen LogP contribution in [0.25, 0.3) is 11.4 Å². The van der Waals surface area contributed by atoms with Gasteiger partial charge in [0.05, 0.1) is 22.1 Å². The number of hydrogen-bond acceptors (Lipinski definition) is 5. The number of nitrogens with one attached hydrogen (secondary N) is 2. The third kappa shape index (κ3) is 4.82. The molecule has 134 valence electrons. The molecule has 2 aromatic heterocycles. The van der Waals surface area contributed by atoms with Crippen molar-refractivity contribution < 1.29 is 0 Å². The smallest absolute Gasteiger partial charge is 0.225 e. The van der Waals surface area contributed by atoms with E-state index in [1.807, 2.05) is 42.5 Å². The van der Waals surface area contributed by atoms with Crippen LogP contribution in [-0.2, 0) is 0 Å². The summed E-state index contributed by atoms with van der Waals surface area (Å²) in [5.74, 6) is 1.22. The van der Waals surface area contributed by atoms with Crippen LogP contribution in [0.4, 0.5) is 17.5 Å². The largest absolute Gasteiger partial charge is 0.352 e. The highest BCUT2D eigenvalue weighted by atomic mass is 127. The van der Waals surface area contributed by atoms with Crippen LogP contribution in [-0.4, -0.2) is 21.0 Å². The highest BCUT2D eigenvalue weighted by Crippen LogP contribution is 2.28. The maximum atomic E-state index is 6.34. The Hall–Kier alpha value is -1.93. The van der Waals surface area contributed by atoms with Crippen molar-refractivity contribution in [1.82, 2.24) is 15.0 Å². The molecule has 0 fully saturated rings. The average Bonchev–Trinajstić information content (AvgIpc) is 2.64. The molecule has 26 heavy (non-hydrogen) atoms. The third-order valence-corrected chi connectivity index (χ3v) is 4.82. The van der Waals surface area contributed by atoms with Crippen molar-refractivity contribution in [1.29, 1.82) is 0 Å². The second-order valence-electron chi connectivity index (χ2n) is 5.88. The molecule has 1 atom stereocenters. The predicted octanol–water partition coefficient (Wildman–Crippen LogP) is 5.75. The summed E-state index contributed by atoms with van der Waals surface area (Å²) in [4.78, 5) is 13.6. The van der Waals surface area contributed by atoms with E-state index in [2.05, 4.69) is 62.0 Å². The molecule has 0 aliphatic rings. The fourth-order valence-electron chi connectivity index (χ4n) is 2.27. The van der Waals surface area contributed by atoms with E-state index >= 15 is 0 Å². The number of benzene rings is 1. The lowest BCUT2D eigenvalue weighted by atomic mass is 10.2. The molecular weight excluding hydrogens is 461 g/mol. The zero-order chi connectivity index (χ0) is 18.5. The van der Waals surface area contributed by atoms with Gasteiger partial charge in [-0.3, -0.25) is 4.98 Å². The van der Waals surface area contributed by atoms with Crippen LogP contribution in [0, 0.1) is 3.57 Å². The number of nitrogens with zero attached hydrogens (tertiary/aromatic N) is 3. The lowest BCUT2D eigenvalue weighted by Crippen LogP contribution is -2.16. The maximum absolute atomic E-state index is 6.34. The highest BCUT2D eigenvalue weighted by molar-refractivity contribution is 14.1. The van der Waals surface area contributed by atoms with E-state index in [9.17, 15) is 0 Å². The van der Waals surface area contributed by atoms with Gasteiger partial charge in [-0.15, -0.1) is 0 Å². The van der Waals surface area contributed by atoms with Gasteiger partial charge >= 0.3 is 0 Å². The molecule has 0 radical (unpaired) electrons. The molecule has 0 unspecified atom stereocenters. The summed E-state index contributed by atoms with van der Waals surface area (Å²) in [5, 5.41) is 7.26. The van der Waals surface area contributed by atoms with Gasteiger partial charge in [0.25, 0.3) is 0 Å². The van der Waals surface area contributed by atoms with E-state index < -0.39 is 0 Å². The standard InChI is InChI=1S/C19H19ClIN5/c1-3-12(2)23-19-25-17(16-6-4-5-9-22-16)11-18(26-19)24-15-8-7-13(21)10-14(15)20/h4-12H,3H2,1-2H3,(H2,23,24,25,26)/t12-/m1/s1. The highest BCUT2D eigenvalue weighted by Gasteiger charge is 2.11. The number of anilines is 3. The molecule has 2 heterocycles. The Bertz CT molecular complexity index is 888. The average molecular weight is 480 g/mol. The summed E-state index contributed by atoms with van der Waals surface area (Å²) in [5.41, 5.74) is 2.33. The van der Waals surface area contributed by atoms with Gasteiger partial charge < -0.3 is 10.6 Å². The molecule has 5 nitrogen and oxygen atoms in total. The fourth-order valence-corrected chi connectivity index (χ4v) is 3.18. The number of pyridine rings is 1. The first-order valence-corrected chi connectivity index (χ1v) is 9.80. The zero-order valence-electron chi connectivity index (χ0n) is 14.5. The number of halogens is 2. The number of rotatable bonds is 6. The van der Waals surface area contributed by atoms with Crippen molar-refractivity contribution in [2.24, 2.45) is 0 Å². The van der Waals surface area contributed by atoms with E-state index in [0.717, 1.165) is 27.1 Å². The number of aromatic nitrogens is 3. The van der Waals surface area contributed by atoms with E-state index in [4.69, 9.17) is 11.6 Å². The maximum Gasteiger partial charge on any atom is 0.225 e. The van der Waals surface area contributed by atoms with Crippen LogP contribution in [0.1, 0.15) is 20.3 Å². The zero-order valence-corrected chi connectivity index (χ0v) is 17.4. The van der Waals surface area contributed by atoms with E-state index in [0.29, 0.717) is 16.8 Å². The van der Waals surface area contributed by atoms with Crippen molar-refractivity contribution in [2.45, 2.75) is 26.3 Å². The first-order chi connectivity index (χ1) is 12.5. The molecule has 0 aliphatic heterocycles. The summed E-state index contributed by atoms with van der Waals surface area (Å²) in [6.07, 6.45) is 2.73. The van der Waals surface area contributed by atoms with Crippen LogP contribution in [0.5, 0.6) is 0 Å². The van der Waals surface area contributed by atoms with Gasteiger partial charge in [0.2, 0.25) is 5.95 Å². The van der Waals surface area contributed by atoms with Crippen LogP contribution in [0.2, 0.25) is 5.02 Å². The predicted molar refractivity (Wildman–Crippen MR) is 116 cm³/mol. The van der Waals surface area contributed by atoms with Crippen molar-refractivity contribution in [2.75, 3.05) is 10.6 Å². The molecule has 2 N–H and O–H groups in total. The summed E-state index contributed by atoms with van der Waals surface area (Å²) in [6, 6.07) is 13.7. The first-order valence-electron chi connectivity index (χ1n) is 8.34. The lowest BCUT2D eigenvalue weighted by Gasteiger charge is -2.15. The van der Waals surface area contributed by atoms with E-state index in [-0.39, 0.29) is 6.04 Å². The minimum Gasteiger partial charge on any atom is -0.352 e.